The van der Waals surface area contributed by atoms with Gasteiger partial charge in [0.1, 0.15) is 11.5 Å². The van der Waals surface area contributed by atoms with Crippen molar-refractivity contribution in [1.29, 1.82) is 0 Å². The molecule has 132 valence electrons. The molecule has 1 heterocycles. The van der Waals surface area contributed by atoms with E-state index in [2.05, 4.69) is 15.5 Å². The fraction of sp³-hybridized carbons (Fsp3) is 0.111. The Morgan fingerprint density at radius 3 is 2.31 bits per heavy atom. The first kappa shape index (κ1) is 17.2. The Labute approximate surface area is 149 Å². The normalized spacial score (nSPS) is 10.2. The molecule has 0 aliphatic heterocycles. The van der Waals surface area contributed by atoms with Gasteiger partial charge < -0.3 is 14.8 Å². The molecule has 0 aliphatic carbocycles. The van der Waals surface area contributed by atoms with Crippen LogP contribution in [-0.2, 0) is 0 Å². The summed E-state index contributed by atoms with van der Waals surface area (Å²) >= 11 is 0. The van der Waals surface area contributed by atoms with Crippen LogP contribution in [0.4, 0.5) is 17.2 Å². The highest BCUT2D eigenvalue weighted by Crippen LogP contribution is 2.31. The number of non-ortho nitro benzene ring substituents is 1. The van der Waals surface area contributed by atoms with Crippen molar-refractivity contribution in [2.24, 2.45) is 0 Å². The maximum atomic E-state index is 10.9. The van der Waals surface area contributed by atoms with Gasteiger partial charge in [-0.1, -0.05) is 0 Å². The number of aromatic nitrogens is 2. The Morgan fingerprint density at radius 2 is 1.73 bits per heavy atom. The lowest BCUT2D eigenvalue weighted by Crippen LogP contribution is -1.99. The molecule has 0 radical (unpaired) electrons. The second-order valence-electron chi connectivity index (χ2n) is 5.30. The van der Waals surface area contributed by atoms with E-state index in [1.807, 2.05) is 30.3 Å². The monoisotopic (exact) mass is 352 g/mol. The molecule has 0 bridgehead atoms. The molecule has 3 rings (SSSR count). The number of nitrogens with zero attached hydrogens (tertiary/aromatic N) is 3. The largest absolute Gasteiger partial charge is 0.497 e. The molecule has 0 amide bonds. The average molecular weight is 352 g/mol. The lowest BCUT2D eigenvalue weighted by molar-refractivity contribution is -0.384. The summed E-state index contributed by atoms with van der Waals surface area (Å²) < 4.78 is 10.3. The topological polar surface area (TPSA) is 99.4 Å². The van der Waals surface area contributed by atoms with Gasteiger partial charge in [0.05, 0.1) is 36.6 Å². The van der Waals surface area contributed by atoms with Gasteiger partial charge in [-0.25, -0.2) is 0 Å². The molecule has 2 aromatic carbocycles. The molecule has 26 heavy (non-hydrogen) atoms. The van der Waals surface area contributed by atoms with Gasteiger partial charge in [-0.05, 0) is 42.5 Å². The van der Waals surface area contributed by atoms with Crippen LogP contribution < -0.4 is 14.8 Å². The van der Waals surface area contributed by atoms with Gasteiger partial charge in [0, 0.05) is 11.6 Å². The van der Waals surface area contributed by atoms with E-state index in [9.17, 15) is 10.1 Å². The molecule has 0 saturated carbocycles. The van der Waals surface area contributed by atoms with Crippen molar-refractivity contribution in [3.63, 3.8) is 0 Å². The number of nitrogens with one attached hydrogen (secondary N) is 1. The number of benzene rings is 2. The molecule has 8 nitrogen and oxygen atoms in total. The first-order valence-corrected chi connectivity index (χ1v) is 7.68. The van der Waals surface area contributed by atoms with Gasteiger partial charge in [-0.3, -0.25) is 10.1 Å². The molecule has 0 atom stereocenters. The highest BCUT2D eigenvalue weighted by molar-refractivity contribution is 5.67. The SMILES string of the molecule is COc1ccc(-c2ccc(Nc3ccc([N+](=O)[O-])cc3OC)nn2)cc1. The Hall–Kier alpha value is -3.68. The summed E-state index contributed by atoms with van der Waals surface area (Å²) in [4.78, 5) is 10.4. The number of anilines is 2. The number of nitro groups is 1. The van der Waals surface area contributed by atoms with Crippen molar-refractivity contribution in [3.05, 3.63) is 64.7 Å². The molecule has 0 aliphatic rings. The molecule has 0 unspecified atom stereocenters. The van der Waals surface area contributed by atoms with Crippen LogP contribution in [0.1, 0.15) is 0 Å². The second-order valence-corrected chi connectivity index (χ2v) is 5.30. The minimum absolute atomic E-state index is 0.0478. The van der Waals surface area contributed by atoms with Crippen LogP contribution in [0.15, 0.2) is 54.6 Å². The molecule has 1 aromatic heterocycles. The van der Waals surface area contributed by atoms with Crippen molar-refractivity contribution in [2.45, 2.75) is 0 Å². The van der Waals surface area contributed by atoms with E-state index in [1.165, 1.54) is 19.2 Å². The fourth-order valence-electron chi connectivity index (χ4n) is 2.35. The van der Waals surface area contributed by atoms with E-state index in [4.69, 9.17) is 9.47 Å². The predicted molar refractivity (Wildman–Crippen MR) is 97.0 cm³/mol. The summed E-state index contributed by atoms with van der Waals surface area (Å²) in [5.41, 5.74) is 2.14. The van der Waals surface area contributed by atoms with Crippen molar-refractivity contribution in [2.75, 3.05) is 19.5 Å². The number of ether oxygens (including phenoxy) is 2. The zero-order valence-corrected chi connectivity index (χ0v) is 14.2. The summed E-state index contributed by atoms with van der Waals surface area (Å²) in [6, 6.07) is 15.4. The van der Waals surface area contributed by atoms with Crippen molar-refractivity contribution >= 4 is 17.2 Å². The van der Waals surface area contributed by atoms with Gasteiger partial charge in [-0.2, -0.15) is 0 Å². The van der Waals surface area contributed by atoms with Crippen LogP contribution in [0.5, 0.6) is 11.5 Å². The number of hydrogen-bond donors (Lipinski definition) is 1. The van der Waals surface area contributed by atoms with Crippen LogP contribution >= 0.6 is 0 Å². The summed E-state index contributed by atoms with van der Waals surface area (Å²) in [7, 11) is 3.06. The van der Waals surface area contributed by atoms with E-state index in [-0.39, 0.29) is 5.69 Å². The van der Waals surface area contributed by atoms with Crippen molar-refractivity contribution in [3.8, 4) is 22.8 Å². The summed E-state index contributed by atoms with van der Waals surface area (Å²) in [6.45, 7) is 0. The van der Waals surface area contributed by atoms with Crippen molar-refractivity contribution < 1.29 is 14.4 Å². The maximum absolute atomic E-state index is 10.9. The van der Waals surface area contributed by atoms with E-state index < -0.39 is 4.92 Å². The lowest BCUT2D eigenvalue weighted by atomic mass is 10.1. The Morgan fingerprint density at radius 1 is 0.962 bits per heavy atom. The maximum Gasteiger partial charge on any atom is 0.273 e. The Balaban J connectivity index is 1.79. The van der Waals surface area contributed by atoms with Gasteiger partial charge in [-0.15, -0.1) is 10.2 Å². The fourth-order valence-corrected chi connectivity index (χ4v) is 2.35. The molecule has 3 aromatic rings. The highest BCUT2D eigenvalue weighted by Gasteiger charge is 2.12. The van der Waals surface area contributed by atoms with Crippen LogP contribution in [0.3, 0.4) is 0 Å². The van der Waals surface area contributed by atoms with Gasteiger partial charge in [0.2, 0.25) is 0 Å². The molecule has 0 fully saturated rings. The summed E-state index contributed by atoms with van der Waals surface area (Å²) in [5.74, 6) is 1.61. The average Bonchev–Trinajstić information content (AvgIpc) is 2.69. The second kappa shape index (κ2) is 7.47. The van der Waals surface area contributed by atoms with Crippen LogP contribution in [0, 0.1) is 10.1 Å². The van der Waals surface area contributed by atoms with Crippen LogP contribution in [0.2, 0.25) is 0 Å². The van der Waals surface area contributed by atoms with Crippen LogP contribution in [-0.4, -0.2) is 29.3 Å². The number of nitro benzene ring substituents is 1. The third kappa shape index (κ3) is 3.69. The highest BCUT2D eigenvalue weighted by atomic mass is 16.6. The third-order valence-electron chi connectivity index (χ3n) is 3.71. The molecule has 0 saturated heterocycles. The number of rotatable bonds is 6. The first-order chi connectivity index (χ1) is 12.6. The summed E-state index contributed by atoms with van der Waals surface area (Å²) in [6.07, 6.45) is 0. The smallest absolute Gasteiger partial charge is 0.273 e. The molecule has 0 spiro atoms. The Kier molecular flexibility index (Phi) is 4.93. The minimum atomic E-state index is -0.476. The predicted octanol–water partition coefficient (Wildman–Crippen LogP) is 3.81. The van der Waals surface area contributed by atoms with E-state index >= 15 is 0 Å². The molecular weight excluding hydrogens is 336 g/mol. The summed E-state index contributed by atoms with van der Waals surface area (Å²) in [5, 5.41) is 22.2. The zero-order chi connectivity index (χ0) is 18.5. The van der Waals surface area contributed by atoms with Gasteiger partial charge in [0.15, 0.2) is 5.82 Å². The van der Waals surface area contributed by atoms with Gasteiger partial charge in [0.25, 0.3) is 5.69 Å². The standard InChI is InChI=1S/C18H16N4O4/c1-25-14-6-3-12(4-7-14)15-9-10-18(21-20-15)19-16-8-5-13(22(23)24)11-17(16)26-2/h3-11H,1-2H3,(H,19,21). The van der Waals surface area contributed by atoms with Crippen molar-refractivity contribution in [1.82, 2.24) is 10.2 Å². The quantitative estimate of drug-likeness (QED) is 0.532. The van der Waals surface area contributed by atoms with E-state index in [1.54, 1.807) is 19.2 Å². The molecular formula is C18H16N4O4. The molecule has 1 N–H and O–H groups in total. The third-order valence-corrected chi connectivity index (χ3v) is 3.71. The van der Waals surface area contributed by atoms with Gasteiger partial charge >= 0.3 is 0 Å². The molecule has 8 heteroatoms. The Bertz CT molecular complexity index is 911. The van der Waals surface area contributed by atoms with E-state index in [0.29, 0.717) is 22.9 Å². The lowest BCUT2D eigenvalue weighted by Gasteiger charge is -2.10. The number of hydrogen-bond acceptors (Lipinski definition) is 7. The van der Waals surface area contributed by atoms with E-state index in [0.717, 1.165) is 11.3 Å². The zero-order valence-electron chi connectivity index (χ0n) is 14.2. The number of methoxy groups -OCH3 is 2. The van der Waals surface area contributed by atoms with Crippen LogP contribution in [0.25, 0.3) is 11.3 Å². The minimum Gasteiger partial charge on any atom is -0.497 e. The first-order valence-electron chi connectivity index (χ1n) is 7.68.